The van der Waals surface area contributed by atoms with Crippen molar-refractivity contribution < 1.29 is 12.8 Å². The Balaban J connectivity index is 2.87. The van der Waals surface area contributed by atoms with Gasteiger partial charge in [0, 0.05) is 17.7 Å². The number of sulfonamides is 1. The van der Waals surface area contributed by atoms with E-state index in [1.165, 1.54) is 6.26 Å². The first-order valence-corrected chi connectivity index (χ1v) is 13.0. The first-order valence-electron chi connectivity index (χ1n) is 8.19. The van der Waals surface area contributed by atoms with Gasteiger partial charge in [-0.05, 0) is 30.3 Å². The van der Waals surface area contributed by atoms with E-state index in [2.05, 4.69) is 38.6 Å². The highest BCUT2D eigenvalue weighted by Crippen LogP contribution is 2.37. The Hall–Kier alpha value is -0.763. The summed E-state index contributed by atoms with van der Waals surface area (Å²) in [5.41, 5.74) is 1.34. The lowest BCUT2D eigenvalue weighted by atomic mass is 9.89. The number of aromatic nitrogens is 1. The molecule has 0 bridgehead atoms. The number of nitrogens with zero attached hydrogens (tertiary/aromatic N) is 1. The summed E-state index contributed by atoms with van der Waals surface area (Å²) < 4.78 is 31.5. The van der Waals surface area contributed by atoms with E-state index in [1.807, 2.05) is 32.0 Å². The lowest BCUT2D eigenvalue weighted by Crippen LogP contribution is -2.40. The largest absolute Gasteiger partial charge is 0.411 e. The first kappa shape index (κ1) is 21.3. The van der Waals surface area contributed by atoms with Crippen LogP contribution in [0.1, 0.15) is 46.0 Å². The third-order valence-corrected chi connectivity index (χ3v) is 9.81. The molecule has 0 aromatic carbocycles. The van der Waals surface area contributed by atoms with Crippen LogP contribution >= 0.6 is 0 Å². The van der Waals surface area contributed by atoms with Gasteiger partial charge in [0.2, 0.25) is 10.0 Å². The van der Waals surface area contributed by atoms with Gasteiger partial charge in [0.05, 0.1) is 18.6 Å². The smallest absolute Gasteiger partial charge is 0.208 e. The molecule has 1 aromatic rings. The van der Waals surface area contributed by atoms with Crippen molar-refractivity contribution in [3.8, 4) is 0 Å². The fraction of sp³-hybridized carbons (Fsp3) is 0.706. The average Bonchev–Trinajstić information content (AvgIpc) is 2.42. The third-order valence-electron chi connectivity index (χ3n) is 4.66. The van der Waals surface area contributed by atoms with Crippen LogP contribution in [0.5, 0.6) is 0 Å². The zero-order chi connectivity index (χ0) is 18.8. The normalized spacial score (nSPS) is 14.0. The van der Waals surface area contributed by atoms with Crippen LogP contribution in [-0.2, 0) is 26.5 Å². The molecular formula is C17H32N2O3SSi. The molecule has 0 aliphatic carbocycles. The minimum absolute atomic E-state index is 0.156. The van der Waals surface area contributed by atoms with Crippen LogP contribution < -0.4 is 4.72 Å². The van der Waals surface area contributed by atoms with Crippen LogP contribution in [0.2, 0.25) is 18.1 Å². The summed E-state index contributed by atoms with van der Waals surface area (Å²) in [7, 11) is -5.04. The Morgan fingerprint density at radius 2 is 1.75 bits per heavy atom. The Morgan fingerprint density at radius 3 is 2.25 bits per heavy atom. The minimum atomic E-state index is -3.22. The molecule has 1 aromatic heterocycles. The summed E-state index contributed by atoms with van der Waals surface area (Å²) in [6.45, 7) is 15.8. The SMILES string of the molecule is CC(C)(CNS(C)(=O)=O)c1cccc(CO[Si](C)(C)C(C)(C)C)n1. The molecule has 138 valence electrons. The zero-order valence-corrected chi connectivity index (χ0v) is 18.0. The maximum Gasteiger partial charge on any atom is 0.208 e. The van der Waals surface area contributed by atoms with Crippen molar-refractivity contribution in [2.45, 2.75) is 64.8 Å². The minimum Gasteiger partial charge on any atom is -0.411 e. The molecule has 0 aliphatic rings. The second kappa shape index (κ2) is 7.23. The van der Waals surface area contributed by atoms with E-state index in [1.54, 1.807) is 0 Å². The summed E-state index contributed by atoms with van der Waals surface area (Å²) in [4.78, 5) is 4.69. The fourth-order valence-corrected chi connectivity index (χ4v) is 3.37. The molecule has 0 spiro atoms. The highest BCUT2D eigenvalue weighted by atomic mass is 32.2. The van der Waals surface area contributed by atoms with Crippen LogP contribution in [-0.4, -0.2) is 34.5 Å². The van der Waals surface area contributed by atoms with E-state index in [0.29, 0.717) is 13.2 Å². The molecule has 7 heteroatoms. The average molecular weight is 373 g/mol. The molecule has 0 atom stereocenters. The van der Waals surface area contributed by atoms with Crippen LogP contribution in [0, 0.1) is 0 Å². The Kier molecular flexibility index (Phi) is 6.41. The van der Waals surface area contributed by atoms with Crippen molar-refractivity contribution in [1.82, 2.24) is 9.71 Å². The van der Waals surface area contributed by atoms with Crippen molar-refractivity contribution in [1.29, 1.82) is 0 Å². The standard InChI is InChI=1S/C17H32N2O3SSi/c1-16(2,3)24(7,8)22-12-14-10-9-11-15(19-14)17(4,5)13-18-23(6,20)21/h9-11,18H,12-13H2,1-8H3. The van der Waals surface area contributed by atoms with Crippen LogP contribution in [0.15, 0.2) is 18.2 Å². The van der Waals surface area contributed by atoms with E-state index in [0.717, 1.165) is 11.4 Å². The number of hydrogen-bond acceptors (Lipinski definition) is 4. The summed E-state index contributed by atoms with van der Waals surface area (Å²) in [5.74, 6) is 0. The molecule has 1 N–H and O–H groups in total. The highest BCUT2D eigenvalue weighted by molar-refractivity contribution is 7.88. The predicted octanol–water partition coefficient (Wildman–Crippen LogP) is 3.43. The summed E-state index contributed by atoms with van der Waals surface area (Å²) in [5, 5.41) is 0.156. The molecule has 0 saturated heterocycles. The lowest BCUT2D eigenvalue weighted by Gasteiger charge is -2.36. The monoisotopic (exact) mass is 372 g/mol. The maximum atomic E-state index is 11.3. The number of rotatable bonds is 7. The fourth-order valence-electron chi connectivity index (χ4n) is 1.81. The Labute approximate surface area is 148 Å². The van der Waals surface area contributed by atoms with Crippen molar-refractivity contribution in [3.05, 3.63) is 29.6 Å². The van der Waals surface area contributed by atoms with Crippen LogP contribution in [0.3, 0.4) is 0 Å². The first-order chi connectivity index (χ1) is 10.6. The molecule has 0 aliphatic heterocycles. The lowest BCUT2D eigenvalue weighted by molar-refractivity contribution is 0.271. The van der Waals surface area contributed by atoms with E-state index in [4.69, 9.17) is 9.41 Å². The molecule has 0 saturated carbocycles. The summed E-state index contributed by atoms with van der Waals surface area (Å²) >= 11 is 0. The number of hydrogen-bond donors (Lipinski definition) is 1. The molecule has 0 amide bonds. The summed E-state index contributed by atoms with van der Waals surface area (Å²) in [6.07, 6.45) is 1.17. The second-order valence-electron chi connectivity index (χ2n) is 8.54. The third kappa shape index (κ3) is 6.27. The van der Waals surface area contributed by atoms with E-state index >= 15 is 0 Å². The molecule has 0 radical (unpaired) electrons. The number of pyridine rings is 1. The maximum absolute atomic E-state index is 11.3. The van der Waals surface area contributed by atoms with Gasteiger partial charge >= 0.3 is 0 Å². The summed E-state index contributed by atoms with van der Waals surface area (Å²) in [6, 6.07) is 5.84. The van der Waals surface area contributed by atoms with Gasteiger partial charge in [0.15, 0.2) is 8.32 Å². The predicted molar refractivity (Wildman–Crippen MR) is 102 cm³/mol. The topological polar surface area (TPSA) is 68.3 Å². The van der Waals surface area contributed by atoms with Gasteiger partial charge in [-0.2, -0.15) is 0 Å². The van der Waals surface area contributed by atoms with E-state index in [9.17, 15) is 8.42 Å². The van der Waals surface area contributed by atoms with Gasteiger partial charge in [-0.15, -0.1) is 0 Å². The van der Waals surface area contributed by atoms with Crippen LogP contribution in [0.25, 0.3) is 0 Å². The number of nitrogens with one attached hydrogen (secondary N) is 1. The highest BCUT2D eigenvalue weighted by Gasteiger charge is 2.37. The van der Waals surface area contributed by atoms with Gasteiger partial charge in [-0.1, -0.05) is 40.7 Å². The quantitative estimate of drug-likeness (QED) is 0.745. The van der Waals surface area contributed by atoms with Gasteiger partial charge < -0.3 is 4.43 Å². The molecule has 5 nitrogen and oxygen atoms in total. The molecule has 0 unspecified atom stereocenters. The Bertz CT molecular complexity index is 665. The van der Waals surface area contributed by atoms with Gasteiger partial charge in [0.25, 0.3) is 0 Å². The van der Waals surface area contributed by atoms with Crippen molar-refractivity contribution in [2.75, 3.05) is 12.8 Å². The van der Waals surface area contributed by atoms with Crippen molar-refractivity contribution in [2.24, 2.45) is 0 Å². The van der Waals surface area contributed by atoms with Crippen molar-refractivity contribution >= 4 is 18.3 Å². The zero-order valence-electron chi connectivity index (χ0n) is 16.2. The van der Waals surface area contributed by atoms with Crippen molar-refractivity contribution in [3.63, 3.8) is 0 Å². The van der Waals surface area contributed by atoms with Crippen LogP contribution in [0.4, 0.5) is 0 Å². The van der Waals surface area contributed by atoms with E-state index in [-0.39, 0.29) is 5.04 Å². The molecule has 0 fully saturated rings. The second-order valence-corrected chi connectivity index (χ2v) is 15.2. The molecular weight excluding hydrogens is 340 g/mol. The van der Waals surface area contributed by atoms with Gasteiger partial charge in [-0.25, -0.2) is 13.1 Å². The molecule has 1 heterocycles. The van der Waals surface area contributed by atoms with E-state index < -0.39 is 23.8 Å². The molecule has 24 heavy (non-hydrogen) atoms. The van der Waals surface area contributed by atoms with Gasteiger partial charge in [0.1, 0.15) is 0 Å². The molecule has 1 rings (SSSR count). The Morgan fingerprint density at radius 1 is 1.17 bits per heavy atom. The van der Waals surface area contributed by atoms with Gasteiger partial charge in [-0.3, -0.25) is 4.98 Å².